The van der Waals surface area contributed by atoms with Crippen molar-refractivity contribution in [1.29, 1.82) is 0 Å². The third-order valence-corrected chi connectivity index (χ3v) is 4.22. The molecule has 1 amide bonds. The minimum absolute atomic E-state index is 0.0877. The van der Waals surface area contributed by atoms with Crippen molar-refractivity contribution in [3.05, 3.63) is 0 Å². The lowest BCUT2D eigenvalue weighted by atomic mass is 9.69. The van der Waals surface area contributed by atoms with E-state index in [1.807, 2.05) is 0 Å². The summed E-state index contributed by atoms with van der Waals surface area (Å²) in [6.07, 6.45) is 3.77. The molecule has 1 rings (SSSR count). The van der Waals surface area contributed by atoms with Crippen LogP contribution < -0.4 is 10.5 Å². The minimum atomic E-state index is -3.47. The topological polar surface area (TPSA) is 98.5 Å². The Morgan fingerprint density at radius 3 is 2.56 bits per heavy atom. The van der Waals surface area contributed by atoms with Crippen LogP contribution in [0.25, 0.3) is 0 Å². The molecule has 0 aromatic rings. The molecule has 6 nitrogen and oxygen atoms in total. The number of nitrogens with one attached hydrogen (secondary N) is 1. The van der Waals surface area contributed by atoms with Gasteiger partial charge in [-0.2, -0.15) is 0 Å². The fourth-order valence-corrected chi connectivity index (χ4v) is 2.71. The third kappa shape index (κ3) is 5.32. The maximum atomic E-state index is 11.5. The van der Waals surface area contributed by atoms with E-state index in [4.69, 9.17) is 9.88 Å². The maximum absolute atomic E-state index is 11.5. The fraction of sp³-hybridized carbons (Fsp3) is 0.909. The number of hydrogen-bond donors (Lipinski definition) is 2. The molecule has 0 aromatic carbocycles. The average molecular weight is 278 g/mol. The van der Waals surface area contributed by atoms with E-state index >= 15 is 0 Å². The SMILES string of the molecule is COCC1(CNC(=O)CCCS(N)(=O)=O)CCC1. The zero-order chi connectivity index (χ0) is 13.6. The van der Waals surface area contributed by atoms with E-state index < -0.39 is 10.0 Å². The summed E-state index contributed by atoms with van der Waals surface area (Å²) in [6, 6.07) is 0. The van der Waals surface area contributed by atoms with Crippen LogP contribution in [0, 0.1) is 5.41 Å². The van der Waals surface area contributed by atoms with Crippen LogP contribution in [0.15, 0.2) is 0 Å². The largest absolute Gasteiger partial charge is 0.384 e. The van der Waals surface area contributed by atoms with Crippen LogP contribution in [0.2, 0.25) is 0 Å². The Labute approximate surface area is 108 Å². The number of primary sulfonamides is 1. The van der Waals surface area contributed by atoms with Gasteiger partial charge in [0.25, 0.3) is 0 Å². The fourth-order valence-electron chi connectivity index (χ4n) is 2.16. The zero-order valence-electron chi connectivity index (χ0n) is 10.8. The monoisotopic (exact) mass is 278 g/mol. The van der Waals surface area contributed by atoms with Gasteiger partial charge in [-0.1, -0.05) is 6.42 Å². The van der Waals surface area contributed by atoms with E-state index in [-0.39, 0.29) is 29.9 Å². The summed E-state index contributed by atoms with van der Waals surface area (Å²) in [4.78, 5) is 11.5. The van der Waals surface area contributed by atoms with Crippen LogP contribution in [0.4, 0.5) is 0 Å². The van der Waals surface area contributed by atoms with Crippen molar-refractivity contribution >= 4 is 15.9 Å². The predicted octanol–water partition coefficient (Wildman–Crippen LogP) is -0.0120. The highest BCUT2D eigenvalue weighted by Gasteiger charge is 2.37. The van der Waals surface area contributed by atoms with Crippen LogP contribution in [0.5, 0.6) is 0 Å². The first-order valence-corrected chi connectivity index (χ1v) is 7.85. The van der Waals surface area contributed by atoms with E-state index in [2.05, 4.69) is 5.32 Å². The molecule has 1 aliphatic carbocycles. The third-order valence-electron chi connectivity index (χ3n) is 3.36. The van der Waals surface area contributed by atoms with E-state index in [0.717, 1.165) is 12.8 Å². The molecule has 0 spiro atoms. The van der Waals surface area contributed by atoms with Gasteiger partial charge in [0.15, 0.2) is 0 Å². The van der Waals surface area contributed by atoms with Gasteiger partial charge in [0.2, 0.25) is 15.9 Å². The molecule has 7 heteroatoms. The first kappa shape index (κ1) is 15.4. The smallest absolute Gasteiger partial charge is 0.220 e. The summed E-state index contributed by atoms with van der Waals surface area (Å²) in [5, 5.41) is 7.70. The van der Waals surface area contributed by atoms with Crippen molar-refractivity contribution in [2.45, 2.75) is 32.1 Å². The first-order valence-electron chi connectivity index (χ1n) is 6.13. The molecule has 0 heterocycles. The van der Waals surface area contributed by atoms with Crippen molar-refractivity contribution in [3.63, 3.8) is 0 Å². The van der Waals surface area contributed by atoms with Crippen molar-refractivity contribution in [3.8, 4) is 0 Å². The lowest BCUT2D eigenvalue weighted by Gasteiger charge is -2.41. The maximum Gasteiger partial charge on any atom is 0.220 e. The molecule has 0 bridgehead atoms. The lowest BCUT2D eigenvalue weighted by molar-refractivity contribution is -0.122. The summed E-state index contributed by atoms with van der Waals surface area (Å²) in [5.41, 5.74) is 0.0877. The first-order chi connectivity index (χ1) is 8.37. The van der Waals surface area contributed by atoms with E-state index in [0.29, 0.717) is 13.2 Å². The van der Waals surface area contributed by atoms with Gasteiger partial charge in [0.1, 0.15) is 0 Å². The molecular formula is C11H22N2O4S. The van der Waals surface area contributed by atoms with Gasteiger partial charge in [-0.3, -0.25) is 4.79 Å². The molecule has 0 aliphatic heterocycles. The van der Waals surface area contributed by atoms with Crippen molar-refractivity contribution < 1.29 is 17.9 Å². The number of rotatable bonds is 8. The quantitative estimate of drug-likeness (QED) is 0.652. The molecule has 1 aliphatic rings. The Balaban J connectivity index is 2.20. The number of ether oxygens (including phenoxy) is 1. The molecule has 106 valence electrons. The van der Waals surface area contributed by atoms with Crippen LogP contribution in [-0.4, -0.2) is 40.3 Å². The number of amides is 1. The molecule has 0 saturated heterocycles. The summed E-state index contributed by atoms with van der Waals surface area (Å²) in [6.45, 7) is 1.26. The highest BCUT2D eigenvalue weighted by Crippen LogP contribution is 2.40. The van der Waals surface area contributed by atoms with Crippen molar-refractivity contribution in [1.82, 2.24) is 5.32 Å². The summed E-state index contributed by atoms with van der Waals surface area (Å²) in [5.74, 6) is -0.273. The van der Waals surface area contributed by atoms with E-state index in [1.54, 1.807) is 7.11 Å². The van der Waals surface area contributed by atoms with Gasteiger partial charge < -0.3 is 10.1 Å². The zero-order valence-corrected chi connectivity index (χ0v) is 11.6. The van der Waals surface area contributed by atoms with Crippen LogP contribution in [-0.2, 0) is 19.6 Å². The second kappa shape index (κ2) is 6.49. The van der Waals surface area contributed by atoms with Crippen LogP contribution in [0.1, 0.15) is 32.1 Å². The number of sulfonamides is 1. The highest BCUT2D eigenvalue weighted by molar-refractivity contribution is 7.89. The molecule has 0 unspecified atom stereocenters. The molecule has 0 radical (unpaired) electrons. The van der Waals surface area contributed by atoms with Gasteiger partial charge in [0, 0.05) is 25.5 Å². The van der Waals surface area contributed by atoms with Gasteiger partial charge in [-0.05, 0) is 19.3 Å². The number of methoxy groups -OCH3 is 1. The molecular weight excluding hydrogens is 256 g/mol. The molecule has 1 fully saturated rings. The Morgan fingerprint density at radius 1 is 1.44 bits per heavy atom. The number of carbonyl (C=O) groups is 1. The Bertz CT molecular complexity index is 377. The molecule has 0 atom stereocenters. The average Bonchev–Trinajstić information content (AvgIpc) is 2.20. The number of nitrogens with two attached hydrogens (primary N) is 1. The van der Waals surface area contributed by atoms with Crippen LogP contribution >= 0.6 is 0 Å². The Morgan fingerprint density at radius 2 is 2.11 bits per heavy atom. The number of hydrogen-bond acceptors (Lipinski definition) is 4. The molecule has 18 heavy (non-hydrogen) atoms. The standard InChI is InChI=1S/C11H22N2O4S/c1-17-9-11(5-3-6-11)8-13-10(14)4-2-7-18(12,15)16/h2-9H2,1H3,(H,13,14)(H2,12,15,16). The Kier molecular flexibility index (Phi) is 5.55. The van der Waals surface area contributed by atoms with Gasteiger partial charge in [-0.15, -0.1) is 0 Å². The van der Waals surface area contributed by atoms with Gasteiger partial charge in [-0.25, -0.2) is 13.6 Å². The summed E-state index contributed by atoms with van der Waals surface area (Å²) in [7, 11) is -1.80. The highest BCUT2D eigenvalue weighted by atomic mass is 32.2. The van der Waals surface area contributed by atoms with Crippen LogP contribution in [0.3, 0.4) is 0 Å². The normalized spacial score (nSPS) is 18.1. The van der Waals surface area contributed by atoms with Gasteiger partial charge >= 0.3 is 0 Å². The molecule has 3 N–H and O–H groups in total. The molecule has 0 aromatic heterocycles. The number of carbonyl (C=O) groups excluding carboxylic acids is 1. The Hall–Kier alpha value is -0.660. The van der Waals surface area contributed by atoms with Gasteiger partial charge in [0.05, 0.1) is 12.4 Å². The summed E-state index contributed by atoms with van der Waals surface area (Å²) >= 11 is 0. The predicted molar refractivity (Wildman–Crippen MR) is 68.4 cm³/mol. The van der Waals surface area contributed by atoms with E-state index in [1.165, 1.54) is 6.42 Å². The minimum Gasteiger partial charge on any atom is -0.384 e. The molecule has 1 saturated carbocycles. The summed E-state index contributed by atoms with van der Waals surface area (Å²) < 4.78 is 26.6. The van der Waals surface area contributed by atoms with E-state index in [9.17, 15) is 13.2 Å². The van der Waals surface area contributed by atoms with Crippen molar-refractivity contribution in [2.24, 2.45) is 10.6 Å². The van der Waals surface area contributed by atoms with Crippen molar-refractivity contribution in [2.75, 3.05) is 26.0 Å². The lowest BCUT2D eigenvalue weighted by Crippen LogP contribution is -2.45. The second-order valence-electron chi connectivity index (χ2n) is 5.03. The second-order valence-corrected chi connectivity index (χ2v) is 6.77.